The van der Waals surface area contributed by atoms with Crippen LogP contribution in [-0.2, 0) is 4.74 Å². The molecule has 130 valence electrons. The summed E-state index contributed by atoms with van der Waals surface area (Å²) in [6.45, 7) is 9.68. The molecule has 0 spiro atoms. The van der Waals surface area contributed by atoms with Crippen molar-refractivity contribution in [2.45, 2.75) is 83.4 Å². The third-order valence-electron chi connectivity index (χ3n) is 4.90. The molecule has 1 aliphatic heterocycles. The highest BCUT2D eigenvalue weighted by Gasteiger charge is 2.44. The third-order valence-corrected chi connectivity index (χ3v) is 4.90. The first-order chi connectivity index (χ1) is 10.2. The van der Waals surface area contributed by atoms with Gasteiger partial charge in [-0.2, -0.15) is 0 Å². The molecule has 0 aromatic heterocycles. The number of carbonyl (C=O) groups is 1. The van der Waals surface area contributed by atoms with Crippen LogP contribution in [-0.4, -0.2) is 53.5 Å². The Labute approximate surface area is 135 Å². The van der Waals surface area contributed by atoms with E-state index < -0.39 is 0 Å². The molecule has 5 heteroatoms. The minimum absolute atomic E-state index is 0.0248. The molecule has 0 radical (unpaired) electrons. The largest absolute Gasteiger partial charge is 0.446 e. The van der Waals surface area contributed by atoms with Crippen LogP contribution in [0.5, 0.6) is 0 Å². The molecule has 0 bridgehead atoms. The van der Waals surface area contributed by atoms with E-state index in [2.05, 4.69) is 45.0 Å². The Morgan fingerprint density at radius 1 is 1.14 bits per heavy atom. The number of carbonyl (C=O) groups excluding carboxylic acids is 1. The Bertz CT molecular complexity index is 338. The summed E-state index contributed by atoms with van der Waals surface area (Å²) in [5.41, 5.74) is 0.0496. The zero-order chi connectivity index (χ0) is 16.8. The molecule has 0 unspecified atom stereocenters. The number of aliphatic hydroxyl groups excluding tert-OH is 1. The number of ether oxygens (including phenoxy) is 1. The van der Waals surface area contributed by atoms with Crippen LogP contribution in [0, 0.1) is 0 Å². The van der Waals surface area contributed by atoms with E-state index in [1.165, 1.54) is 0 Å². The number of amides is 1. The van der Waals surface area contributed by atoms with Gasteiger partial charge in [-0.15, -0.1) is 0 Å². The van der Waals surface area contributed by atoms with Gasteiger partial charge in [-0.3, -0.25) is 4.90 Å². The van der Waals surface area contributed by atoms with Crippen molar-refractivity contribution in [1.29, 1.82) is 0 Å². The Morgan fingerprint density at radius 2 is 1.68 bits per heavy atom. The molecule has 0 atom stereocenters. The van der Waals surface area contributed by atoms with Gasteiger partial charge < -0.3 is 15.2 Å². The van der Waals surface area contributed by atoms with Crippen LogP contribution in [0.2, 0.25) is 0 Å². The van der Waals surface area contributed by atoms with Gasteiger partial charge in [0.25, 0.3) is 0 Å². The number of likely N-dealkylation sites (tertiary alicyclic amines) is 1. The fourth-order valence-corrected chi connectivity index (χ4v) is 3.34. The Hall–Kier alpha value is -0.810. The second-order valence-corrected chi connectivity index (χ2v) is 7.68. The minimum atomic E-state index is -0.302. The van der Waals surface area contributed by atoms with Gasteiger partial charge in [-0.25, -0.2) is 4.79 Å². The molecule has 0 aliphatic carbocycles. The number of nitrogens with one attached hydrogen (secondary N) is 1. The van der Waals surface area contributed by atoms with Gasteiger partial charge in [0, 0.05) is 37.1 Å². The van der Waals surface area contributed by atoms with Crippen molar-refractivity contribution in [3.8, 4) is 0 Å². The molecule has 22 heavy (non-hydrogen) atoms. The highest BCUT2D eigenvalue weighted by molar-refractivity contribution is 5.67. The standard InChI is InChI=1S/C17H34N2O3/c1-16(2)12-14(13-17(3,4)19(16)5)22-15(21)18-10-8-6-7-9-11-20/h14,20H,6-13H2,1-5H3,(H,18,21). The summed E-state index contributed by atoms with van der Waals surface area (Å²) in [4.78, 5) is 14.3. The van der Waals surface area contributed by atoms with Crippen molar-refractivity contribution >= 4 is 6.09 Å². The van der Waals surface area contributed by atoms with Crippen molar-refractivity contribution in [3.05, 3.63) is 0 Å². The average molecular weight is 314 g/mol. The maximum absolute atomic E-state index is 11.9. The van der Waals surface area contributed by atoms with Crippen LogP contribution in [0.3, 0.4) is 0 Å². The van der Waals surface area contributed by atoms with E-state index in [1.54, 1.807) is 0 Å². The average Bonchev–Trinajstić information content (AvgIpc) is 2.39. The molecule has 0 aromatic carbocycles. The molecule has 1 rings (SSSR count). The highest BCUT2D eigenvalue weighted by Crippen LogP contribution is 2.38. The Morgan fingerprint density at radius 3 is 2.23 bits per heavy atom. The fraction of sp³-hybridized carbons (Fsp3) is 0.941. The topological polar surface area (TPSA) is 61.8 Å². The van der Waals surface area contributed by atoms with Gasteiger partial charge in [-0.05, 0) is 47.6 Å². The van der Waals surface area contributed by atoms with Gasteiger partial charge in [0.15, 0.2) is 0 Å². The first kappa shape index (κ1) is 19.2. The number of nitrogens with zero attached hydrogens (tertiary/aromatic N) is 1. The lowest BCUT2D eigenvalue weighted by Gasteiger charge is -2.53. The van der Waals surface area contributed by atoms with Gasteiger partial charge in [0.2, 0.25) is 0 Å². The van der Waals surface area contributed by atoms with Gasteiger partial charge in [0.05, 0.1) is 0 Å². The minimum Gasteiger partial charge on any atom is -0.446 e. The van der Waals surface area contributed by atoms with Crippen LogP contribution < -0.4 is 5.32 Å². The summed E-state index contributed by atoms with van der Waals surface area (Å²) in [5, 5.41) is 11.5. The van der Waals surface area contributed by atoms with Crippen molar-refractivity contribution in [2.75, 3.05) is 20.2 Å². The molecular weight excluding hydrogens is 280 g/mol. The summed E-state index contributed by atoms with van der Waals surface area (Å²) in [6.07, 6.45) is 5.18. The van der Waals surface area contributed by atoms with Crippen LogP contribution in [0.4, 0.5) is 4.79 Å². The van der Waals surface area contributed by atoms with E-state index in [-0.39, 0.29) is 29.9 Å². The number of hydrogen-bond donors (Lipinski definition) is 2. The number of alkyl carbamates (subject to hydrolysis) is 1. The first-order valence-corrected chi connectivity index (χ1v) is 8.48. The molecule has 5 nitrogen and oxygen atoms in total. The van der Waals surface area contributed by atoms with E-state index in [1.807, 2.05) is 0 Å². The summed E-state index contributed by atoms with van der Waals surface area (Å²) in [5.74, 6) is 0. The van der Waals surface area contributed by atoms with Crippen molar-refractivity contribution in [2.24, 2.45) is 0 Å². The van der Waals surface area contributed by atoms with Crippen LogP contribution in [0.15, 0.2) is 0 Å². The lowest BCUT2D eigenvalue weighted by Crippen LogP contribution is -2.60. The smallest absolute Gasteiger partial charge is 0.407 e. The number of aliphatic hydroxyl groups is 1. The fourth-order valence-electron chi connectivity index (χ4n) is 3.34. The Balaban J connectivity index is 2.32. The van der Waals surface area contributed by atoms with E-state index in [0.717, 1.165) is 38.5 Å². The van der Waals surface area contributed by atoms with Crippen molar-refractivity contribution < 1.29 is 14.6 Å². The Kier molecular flexibility index (Phi) is 7.13. The van der Waals surface area contributed by atoms with E-state index >= 15 is 0 Å². The number of hydrogen-bond acceptors (Lipinski definition) is 4. The van der Waals surface area contributed by atoms with E-state index in [0.29, 0.717) is 6.54 Å². The number of piperidine rings is 1. The molecule has 0 saturated carbocycles. The van der Waals surface area contributed by atoms with Crippen LogP contribution >= 0.6 is 0 Å². The highest BCUT2D eigenvalue weighted by atomic mass is 16.6. The summed E-state index contributed by atoms with van der Waals surface area (Å²) < 4.78 is 5.62. The third kappa shape index (κ3) is 5.76. The van der Waals surface area contributed by atoms with Gasteiger partial charge in [0.1, 0.15) is 6.10 Å². The van der Waals surface area contributed by atoms with E-state index in [9.17, 15) is 4.79 Å². The normalized spacial score (nSPS) is 21.5. The SMILES string of the molecule is CN1C(C)(C)CC(OC(=O)NCCCCCCO)CC1(C)C. The molecule has 1 fully saturated rings. The van der Waals surface area contributed by atoms with E-state index in [4.69, 9.17) is 9.84 Å². The first-order valence-electron chi connectivity index (χ1n) is 8.48. The summed E-state index contributed by atoms with van der Waals surface area (Å²) >= 11 is 0. The molecule has 1 saturated heterocycles. The molecule has 1 heterocycles. The monoisotopic (exact) mass is 314 g/mol. The molecule has 1 amide bonds. The lowest BCUT2D eigenvalue weighted by molar-refractivity contribution is -0.0680. The summed E-state index contributed by atoms with van der Waals surface area (Å²) in [6, 6.07) is 0. The molecule has 1 aliphatic rings. The second-order valence-electron chi connectivity index (χ2n) is 7.68. The van der Waals surface area contributed by atoms with Gasteiger partial charge >= 0.3 is 6.09 Å². The van der Waals surface area contributed by atoms with Crippen molar-refractivity contribution in [3.63, 3.8) is 0 Å². The zero-order valence-electron chi connectivity index (χ0n) is 14.9. The number of unbranched alkanes of at least 4 members (excludes halogenated alkanes) is 3. The predicted molar refractivity (Wildman–Crippen MR) is 89.0 cm³/mol. The van der Waals surface area contributed by atoms with Crippen molar-refractivity contribution in [1.82, 2.24) is 10.2 Å². The molecule has 2 N–H and O–H groups in total. The van der Waals surface area contributed by atoms with Crippen LogP contribution in [0.1, 0.15) is 66.2 Å². The van der Waals surface area contributed by atoms with Crippen LogP contribution in [0.25, 0.3) is 0 Å². The second kappa shape index (κ2) is 8.16. The summed E-state index contributed by atoms with van der Waals surface area (Å²) in [7, 11) is 2.14. The maximum Gasteiger partial charge on any atom is 0.407 e. The lowest BCUT2D eigenvalue weighted by atomic mass is 9.79. The number of rotatable bonds is 7. The molecular formula is C17H34N2O3. The quantitative estimate of drug-likeness (QED) is 0.709. The van der Waals surface area contributed by atoms with Gasteiger partial charge in [-0.1, -0.05) is 12.8 Å². The predicted octanol–water partition coefficient (Wildman–Crippen LogP) is 2.92. The molecule has 0 aromatic rings. The zero-order valence-corrected chi connectivity index (χ0v) is 14.9. The maximum atomic E-state index is 11.9.